The number of rotatable bonds is 7. The van der Waals surface area contributed by atoms with E-state index in [0.717, 1.165) is 11.1 Å². The van der Waals surface area contributed by atoms with E-state index in [1.54, 1.807) is 25.1 Å². The van der Waals surface area contributed by atoms with Gasteiger partial charge in [0, 0.05) is 12.8 Å². The number of carbonyl (C=O) groups is 3. The fraction of sp³-hybridized carbons (Fsp3) is 0.316. The molecule has 2 aromatic rings. The maximum atomic E-state index is 12.1. The fourth-order valence-corrected chi connectivity index (χ4v) is 2.87. The number of hydrogen-bond acceptors (Lipinski definition) is 5. The van der Waals surface area contributed by atoms with Gasteiger partial charge in [0.25, 0.3) is 5.91 Å². The number of hydrogen-bond donors (Lipinski definition) is 2. The van der Waals surface area contributed by atoms with Crippen molar-refractivity contribution in [2.45, 2.75) is 39.7 Å². The summed E-state index contributed by atoms with van der Waals surface area (Å²) >= 11 is 1.34. The number of nitrogens with one attached hydrogen (secondary N) is 2. The van der Waals surface area contributed by atoms with Crippen LogP contribution in [0.15, 0.2) is 35.7 Å². The van der Waals surface area contributed by atoms with Gasteiger partial charge >= 0.3 is 0 Å². The van der Waals surface area contributed by atoms with Gasteiger partial charge < -0.3 is 4.74 Å². The summed E-state index contributed by atoms with van der Waals surface area (Å²) in [7, 11) is 0. The van der Waals surface area contributed by atoms with E-state index in [1.165, 1.54) is 11.3 Å². The van der Waals surface area contributed by atoms with Gasteiger partial charge in [0.2, 0.25) is 5.91 Å². The van der Waals surface area contributed by atoms with Crippen LogP contribution in [0.3, 0.4) is 0 Å². The number of Topliss-reactive ketones (excluding diaryl/α,β-unsaturated/α-hetero) is 1. The SMILES string of the molecule is Cc1cccc(OC(C)C(=O)NNC(=O)CCC(=O)c2cccs2)c1C. The Morgan fingerprint density at radius 1 is 1.08 bits per heavy atom. The van der Waals surface area contributed by atoms with Crippen molar-refractivity contribution in [3.05, 3.63) is 51.7 Å². The van der Waals surface area contributed by atoms with Crippen molar-refractivity contribution in [3.63, 3.8) is 0 Å². The predicted octanol–water partition coefficient (Wildman–Crippen LogP) is 2.94. The van der Waals surface area contributed by atoms with E-state index in [-0.39, 0.29) is 18.6 Å². The van der Waals surface area contributed by atoms with E-state index in [2.05, 4.69) is 10.9 Å². The first kappa shape index (κ1) is 19.7. The molecule has 2 N–H and O–H groups in total. The van der Waals surface area contributed by atoms with Gasteiger partial charge in [-0.15, -0.1) is 11.3 Å². The van der Waals surface area contributed by atoms with Crippen molar-refractivity contribution in [1.29, 1.82) is 0 Å². The number of amides is 2. The highest BCUT2D eigenvalue weighted by Gasteiger charge is 2.17. The van der Waals surface area contributed by atoms with Crippen LogP contribution in [-0.2, 0) is 9.59 Å². The molecule has 0 aliphatic rings. The molecule has 138 valence electrons. The Bertz CT molecular complexity index is 787. The molecule has 6 nitrogen and oxygen atoms in total. The first-order chi connectivity index (χ1) is 12.4. The van der Waals surface area contributed by atoms with E-state index in [9.17, 15) is 14.4 Å². The van der Waals surface area contributed by atoms with Crippen LogP contribution in [0.1, 0.15) is 40.6 Å². The summed E-state index contributed by atoms with van der Waals surface area (Å²) in [6.45, 7) is 5.48. The molecule has 0 saturated heterocycles. The molecular weight excluding hydrogens is 352 g/mol. The molecule has 0 aliphatic heterocycles. The smallest absolute Gasteiger partial charge is 0.279 e. The number of benzene rings is 1. The van der Waals surface area contributed by atoms with Crippen LogP contribution in [0.4, 0.5) is 0 Å². The lowest BCUT2D eigenvalue weighted by Crippen LogP contribution is -2.47. The lowest BCUT2D eigenvalue weighted by molar-refractivity contribution is -0.132. The molecule has 0 radical (unpaired) electrons. The van der Waals surface area contributed by atoms with E-state index in [4.69, 9.17) is 4.74 Å². The number of aryl methyl sites for hydroxylation is 1. The third kappa shape index (κ3) is 5.42. The third-order valence-corrected chi connectivity index (χ3v) is 4.84. The number of ether oxygens (including phenoxy) is 1. The minimum atomic E-state index is -0.774. The van der Waals surface area contributed by atoms with Crippen molar-refractivity contribution in [1.82, 2.24) is 10.9 Å². The van der Waals surface area contributed by atoms with E-state index >= 15 is 0 Å². The second-order valence-electron chi connectivity index (χ2n) is 5.90. The van der Waals surface area contributed by atoms with Crippen molar-refractivity contribution in [2.24, 2.45) is 0 Å². The Morgan fingerprint density at radius 2 is 1.85 bits per heavy atom. The molecule has 0 spiro atoms. The van der Waals surface area contributed by atoms with Gasteiger partial charge in [-0.3, -0.25) is 25.2 Å². The number of thiophene rings is 1. The van der Waals surface area contributed by atoms with E-state index in [0.29, 0.717) is 10.6 Å². The van der Waals surface area contributed by atoms with Gasteiger partial charge in [-0.25, -0.2) is 0 Å². The maximum absolute atomic E-state index is 12.1. The molecule has 26 heavy (non-hydrogen) atoms. The van der Waals surface area contributed by atoms with Crippen LogP contribution < -0.4 is 15.6 Å². The average Bonchev–Trinajstić information content (AvgIpc) is 3.16. The third-order valence-electron chi connectivity index (χ3n) is 3.93. The molecule has 0 fully saturated rings. The molecule has 2 rings (SSSR count). The highest BCUT2D eigenvalue weighted by molar-refractivity contribution is 7.12. The molecule has 0 bridgehead atoms. The molecule has 0 saturated carbocycles. The molecule has 0 aliphatic carbocycles. The van der Waals surface area contributed by atoms with Gasteiger partial charge in [0.1, 0.15) is 5.75 Å². The Kier molecular flexibility index (Phi) is 6.91. The van der Waals surface area contributed by atoms with Gasteiger partial charge in [-0.1, -0.05) is 18.2 Å². The van der Waals surface area contributed by atoms with Gasteiger partial charge in [-0.05, 0) is 49.4 Å². The van der Waals surface area contributed by atoms with Gasteiger partial charge in [0.15, 0.2) is 11.9 Å². The zero-order chi connectivity index (χ0) is 19.1. The zero-order valence-electron chi connectivity index (χ0n) is 15.0. The Morgan fingerprint density at radius 3 is 2.54 bits per heavy atom. The molecular formula is C19H22N2O4S. The van der Waals surface area contributed by atoms with Crippen molar-refractivity contribution in [2.75, 3.05) is 0 Å². The standard InChI is InChI=1S/C19H22N2O4S/c1-12-6-4-7-16(13(12)2)25-14(3)19(24)21-20-18(23)10-9-15(22)17-8-5-11-26-17/h4-8,11,14H,9-10H2,1-3H3,(H,20,23)(H,21,24). The highest BCUT2D eigenvalue weighted by atomic mass is 32.1. The number of hydrazine groups is 1. The second kappa shape index (κ2) is 9.15. The van der Waals surface area contributed by atoms with Crippen LogP contribution in [0, 0.1) is 13.8 Å². The monoisotopic (exact) mass is 374 g/mol. The number of ketones is 1. The van der Waals surface area contributed by atoms with Crippen LogP contribution in [0.5, 0.6) is 5.75 Å². The Hall–Kier alpha value is -2.67. The summed E-state index contributed by atoms with van der Waals surface area (Å²) < 4.78 is 5.65. The van der Waals surface area contributed by atoms with Crippen molar-refractivity contribution >= 4 is 28.9 Å². The lowest BCUT2D eigenvalue weighted by atomic mass is 10.1. The van der Waals surface area contributed by atoms with Crippen LogP contribution >= 0.6 is 11.3 Å². The average molecular weight is 374 g/mol. The summed E-state index contributed by atoms with van der Waals surface area (Å²) in [5.74, 6) is -0.361. The van der Waals surface area contributed by atoms with E-state index in [1.807, 2.05) is 31.4 Å². The summed E-state index contributed by atoms with van der Waals surface area (Å²) in [6.07, 6.45) is -0.677. The highest BCUT2D eigenvalue weighted by Crippen LogP contribution is 2.21. The van der Waals surface area contributed by atoms with E-state index < -0.39 is 17.9 Å². The van der Waals surface area contributed by atoms with Crippen LogP contribution in [0.25, 0.3) is 0 Å². The molecule has 7 heteroatoms. The summed E-state index contributed by atoms with van der Waals surface area (Å²) in [5.41, 5.74) is 6.66. The first-order valence-electron chi connectivity index (χ1n) is 8.26. The molecule has 2 amide bonds. The Labute approximate surface area is 156 Å². The normalized spacial score (nSPS) is 11.5. The first-order valence-corrected chi connectivity index (χ1v) is 9.14. The Balaban J connectivity index is 1.75. The minimum absolute atomic E-state index is 0.00321. The molecule has 1 atom stereocenters. The van der Waals surface area contributed by atoms with Gasteiger partial charge in [-0.2, -0.15) is 0 Å². The van der Waals surface area contributed by atoms with Crippen molar-refractivity contribution < 1.29 is 19.1 Å². The quantitative estimate of drug-likeness (QED) is 0.576. The van der Waals surface area contributed by atoms with Gasteiger partial charge in [0.05, 0.1) is 4.88 Å². The summed E-state index contributed by atoms with van der Waals surface area (Å²) in [5, 5.41) is 1.81. The summed E-state index contributed by atoms with van der Waals surface area (Å²) in [6, 6.07) is 9.12. The second-order valence-corrected chi connectivity index (χ2v) is 6.84. The molecule has 1 heterocycles. The maximum Gasteiger partial charge on any atom is 0.279 e. The van der Waals surface area contributed by atoms with Crippen LogP contribution in [-0.4, -0.2) is 23.7 Å². The lowest BCUT2D eigenvalue weighted by Gasteiger charge is -2.17. The van der Waals surface area contributed by atoms with Crippen LogP contribution in [0.2, 0.25) is 0 Å². The molecule has 1 unspecified atom stereocenters. The number of carbonyl (C=O) groups excluding carboxylic acids is 3. The minimum Gasteiger partial charge on any atom is -0.481 e. The van der Waals surface area contributed by atoms with Crippen molar-refractivity contribution in [3.8, 4) is 5.75 Å². The zero-order valence-corrected chi connectivity index (χ0v) is 15.8. The molecule has 1 aromatic heterocycles. The topological polar surface area (TPSA) is 84.5 Å². The largest absolute Gasteiger partial charge is 0.481 e. The summed E-state index contributed by atoms with van der Waals surface area (Å²) in [4.78, 5) is 36.3. The fourth-order valence-electron chi connectivity index (χ4n) is 2.18. The molecule has 1 aromatic carbocycles. The predicted molar refractivity (Wildman–Crippen MR) is 100 cm³/mol.